The number of fused-ring (bicyclic) bond motifs is 2. The molecule has 0 fully saturated rings. The standard InChI is InChI=1S/C27H22BrN3O2/c1-3-14-30-24-13-10-18(28)15-21(24)22(26(30)32)16-25-29-23-7-5-4-6-20(23)27(33)31(25)19-11-8-17(2)9-12-19/h4-13,15-16H,3,14H2,1-2H3/b22-16-. The second kappa shape index (κ2) is 8.45. The third-order valence-electron chi connectivity index (χ3n) is 5.83. The lowest BCUT2D eigenvalue weighted by Crippen LogP contribution is -2.27. The second-order valence-electron chi connectivity index (χ2n) is 8.14. The van der Waals surface area contributed by atoms with Gasteiger partial charge in [-0.05, 0) is 61.9 Å². The molecule has 2 heterocycles. The Labute approximate surface area is 200 Å². The van der Waals surface area contributed by atoms with Gasteiger partial charge >= 0.3 is 0 Å². The van der Waals surface area contributed by atoms with E-state index >= 15 is 0 Å². The van der Waals surface area contributed by atoms with Crippen LogP contribution in [0.3, 0.4) is 0 Å². The molecule has 0 atom stereocenters. The number of benzene rings is 3. The Morgan fingerprint density at radius 1 is 1.00 bits per heavy atom. The molecule has 5 nitrogen and oxygen atoms in total. The van der Waals surface area contributed by atoms with E-state index in [2.05, 4.69) is 15.9 Å². The zero-order valence-electron chi connectivity index (χ0n) is 18.4. The third-order valence-corrected chi connectivity index (χ3v) is 6.32. The van der Waals surface area contributed by atoms with Crippen molar-refractivity contribution in [2.75, 3.05) is 11.4 Å². The predicted octanol–water partition coefficient (Wildman–Crippen LogP) is 5.75. The highest BCUT2D eigenvalue weighted by atomic mass is 79.9. The Kier molecular flexibility index (Phi) is 5.46. The van der Waals surface area contributed by atoms with E-state index in [1.54, 1.807) is 21.6 Å². The number of rotatable bonds is 4. The smallest absolute Gasteiger partial charge is 0.266 e. The Hall–Kier alpha value is -3.51. The van der Waals surface area contributed by atoms with Gasteiger partial charge in [0.2, 0.25) is 0 Å². The number of amides is 1. The maximum Gasteiger partial charge on any atom is 0.266 e. The molecule has 0 N–H and O–H groups in total. The van der Waals surface area contributed by atoms with E-state index in [9.17, 15) is 9.59 Å². The molecule has 1 aliphatic rings. The van der Waals surface area contributed by atoms with E-state index in [4.69, 9.17) is 4.98 Å². The van der Waals surface area contributed by atoms with Gasteiger partial charge in [-0.15, -0.1) is 0 Å². The van der Waals surface area contributed by atoms with Gasteiger partial charge in [-0.25, -0.2) is 4.98 Å². The number of nitrogens with zero attached hydrogens (tertiary/aromatic N) is 3. The van der Waals surface area contributed by atoms with Gasteiger partial charge in [0.15, 0.2) is 0 Å². The number of carbonyl (C=O) groups excluding carboxylic acids is 1. The molecular weight excluding hydrogens is 478 g/mol. The molecule has 0 aliphatic carbocycles. The summed E-state index contributed by atoms with van der Waals surface area (Å²) in [5.41, 5.74) is 4.48. The largest absolute Gasteiger partial charge is 0.308 e. The van der Waals surface area contributed by atoms with Gasteiger partial charge < -0.3 is 4.90 Å². The van der Waals surface area contributed by atoms with Crippen molar-refractivity contribution in [1.82, 2.24) is 9.55 Å². The Morgan fingerprint density at radius 2 is 1.76 bits per heavy atom. The average Bonchev–Trinajstić information content (AvgIpc) is 3.06. The van der Waals surface area contributed by atoms with E-state index in [-0.39, 0.29) is 11.5 Å². The van der Waals surface area contributed by atoms with Gasteiger partial charge in [-0.2, -0.15) is 0 Å². The maximum absolute atomic E-state index is 13.5. The lowest BCUT2D eigenvalue weighted by Gasteiger charge is -2.15. The number of halogens is 1. The first-order chi connectivity index (χ1) is 16.0. The molecule has 0 spiro atoms. The normalized spacial score (nSPS) is 14.3. The lowest BCUT2D eigenvalue weighted by atomic mass is 10.1. The summed E-state index contributed by atoms with van der Waals surface area (Å²) in [6.07, 6.45) is 2.59. The number of para-hydroxylation sites is 1. The first kappa shape index (κ1) is 21.3. The summed E-state index contributed by atoms with van der Waals surface area (Å²) in [5.74, 6) is 0.345. The van der Waals surface area contributed by atoms with Gasteiger partial charge in [0, 0.05) is 16.6 Å². The molecule has 3 aromatic carbocycles. The molecule has 0 saturated carbocycles. The van der Waals surface area contributed by atoms with Gasteiger partial charge in [-0.1, -0.05) is 52.7 Å². The minimum Gasteiger partial charge on any atom is -0.308 e. The van der Waals surface area contributed by atoms with Gasteiger partial charge in [0.1, 0.15) is 5.82 Å². The van der Waals surface area contributed by atoms with Crippen LogP contribution >= 0.6 is 15.9 Å². The van der Waals surface area contributed by atoms with Crippen LogP contribution in [0.1, 0.15) is 30.3 Å². The quantitative estimate of drug-likeness (QED) is 0.335. The van der Waals surface area contributed by atoms with Crippen molar-refractivity contribution >= 4 is 50.1 Å². The minimum atomic E-state index is -0.165. The third kappa shape index (κ3) is 3.70. The van der Waals surface area contributed by atoms with Gasteiger partial charge in [-0.3, -0.25) is 14.2 Å². The van der Waals surface area contributed by atoms with Crippen molar-refractivity contribution in [3.05, 3.63) is 98.5 Å². The van der Waals surface area contributed by atoms with E-state index in [0.29, 0.717) is 34.5 Å². The van der Waals surface area contributed by atoms with Crippen molar-refractivity contribution in [3.63, 3.8) is 0 Å². The lowest BCUT2D eigenvalue weighted by molar-refractivity contribution is -0.113. The van der Waals surface area contributed by atoms with Crippen LogP contribution in [-0.4, -0.2) is 22.0 Å². The molecule has 0 bridgehead atoms. The Bertz CT molecular complexity index is 1490. The fourth-order valence-corrected chi connectivity index (χ4v) is 4.59. The van der Waals surface area contributed by atoms with Crippen LogP contribution in [0.15, 0.2) is 76.0 Å². The van der Waals surface area contributed by atoms with E-state index in [1.807, 2.05) is 74.5 Å². The van der Waals surface area contributed by atoms with Crippen LogP contribution in [0.5, 0.6) is 0 Å². The summed E-state index contributed by atoms with van der Waals surface area (Å²) in [6.45, 7) is 4.68. The van der Waals surface area contributed by atoms with Crippen molar-refractivity contribution in [3.8, 4) is 5.69 Å². The monoisotopic (exact) mass is 499 g/mol. The fraction of sp³-hybridized carbons (Fsp3) is 0.148. The molecule has 0 radical (unpaired) electrons. The van der Waals surface area contributed by atoms with Crippen LogP contribution in [0.25, 0.3) is 28.2 Å². The summed E-state index contributed by atoms with van der Waals surface area (Å²) in [4.78, 5) is 33.6. The van der Waals surface area contributed by atoms with Gasteiger partial charge in [0.25, 0.3) is 11.5 Å². The zero-order valence-corrected chi connectivity index (χ0v) is 20.0. The van der Waals surface area contributed by atoms with Crippen molar-refractivity contribution in [1.29, 1.82) is 0 Å². The molecule has 0 saturated heterocycles. The van der Waals surface area contributed by atoms with Gasteiger partial charge in [0.05, 0.1) is 27.9 Å². The highest BCUT2D eigenvalue weighted by molar-refractivity contribution is 9.10. The van der Waals surface area contributed by atoms with Crippen molar-refractivity contribution < 1.29 is 4.79 Å². The highest BCUT2D eigenvalue weighted by Gasteiger charge is 2.32. The van der Waals surface area contributed by atoms with E-state index in [1.165, 1.54) is 0 Å². The topological polar surface area (TPSA) is 55.2 Å². The Balaban J connectivity index is 1.79. The molecule has 6 heteroatoms. The van der Waals surface area contributed by atoms with Crippen LogP contribution in [0, 0.1) is 6.92 Å². The van der Waals surface area contributed by atoms with Crippen molar-refractivity contribution in [2.45, 2.75) is 20.3 Å². The molecule has 1 aromatic heterocycles. The molecule has 0 unspecified atom stereocenters. The summed E-state index contributed by atoms with van der Waals surface area (Å²) in [7, 11) is 0. The molecule has 4 aromatic rings. The zero-order chi connectivity index (χ0) is 23.1. The molecule has 164 valence electrons. The number of hydrogen-bond acceptors (Lipinski definition) is 3. The average molecular weight is 500 g/mol. The SMILES string of the molecule is CCCN1C(=O)/C(=C\c2nc3ccccc3c(=O)n2-c2ccc(C)cc2)c2cc(Br)ccc21. The van der Waals surface area contributed by atoms with E-state index < -0.39 is 0 Å². The number of anilines is 1. The van der Waals surface area contributed by atoms with Crippen LogP contribution in [-0.2, 0) is 4.79 Å². The minimum absolute atomic E-state index is 0.0807. The first-order valence-electron chi connectivity index (χ1n) is 10.9. The van der Waals surface area contributed by atoms with E-state index in [0.717, 1.165) is 27.7 Å². The maximum atomic E-state index is 13.5. The summed E-state index contributed by atoms with van der Waals surface area (Å²) in [6, 6.07) is 20.9. The predicted molar refractivity (Wildman–Crippen MR) is 137 cm³/mol. The first-order valence-corrected chi connectivity index (χ1v) is 11.7. The second-order valence-corrected chi connectivity index (χ2v) is 9.06. The molecule has 33 heavy (non-hydrogen) atoms. The molecule has 1 aliphatic heterocycles. The number of aryl methyl sites for hydroxylation is 1. The Morgan fingerprint density at radius 3 is 2.52 bits per heavy atom. The summed E-state index contributed by atoms with van der Waals surface area (Å²) < 4.78 is 2.48. The van der Waals surface area contributed by atoms with Crippen LogP contribution in [0.4, 0.5) is 5.69 Å². The highest BCUT2D eigenvalue weighted by Crippen LogP contribution is 2.39. The molecular formula is C27H22BrN3O2. The summed E-state index contributed by atoms with van der Waals surface area (Å²) >= 11 is 3.53. The van der Waals surface area contributed by atoms with Crippen molar-refractivity contribution in [2.24, 2.45) is 0 Å². The number of aromatic nitrogens is 2. The number of carbonyl (C=O) groups is 1. The number of hydrogen-bond donors (Lipinski definition) is 0. The van der Waals surface area contributed by atoms with Crippen LogP contribution < -0.4 is 10.5 Å². The summed E-state index contributed by atoms with van der Waals surface area (Å²) in [5, 5.41) is 0.536. The molecule has 5 rings (SSSR count). The molecule has 1 amide bonds. The fourth-order valence-electron chi connectivity index (χ4n) is 4.23. The van der Waals surface area contributed by atoms with Crippen LogP contribution in [0.2, 0.25) is 0 Å².